The summed E-state index contributed by atoms with van der Waals surface area (Å²) in [5.41, 5.74) is 4.93. The zero-order chi connectivity index (χ0) is 10.4. The van der Waals surface area contributed by atoms with Crippen molar-refractivity contribution in [2.24, 2.45) is 5.73 Å². The van der Waals surface area contributed by atoms with Crippen LogP contribution in [0.2, 0.25) is 0 Å². The number of hydrogen-bond donors (Lipinski definition) is 3. The molecule has 0 unspecified atom stereocenters. The molecule has 0 aliphatic heterocycles. The molecule has 1 aliphatic rings. The van der Waals surface area contributed by atoms with Gasteiger partial charge in [-0.3, -0.25) is 4.79 Å². The van der Waals surface area contributed by atoms with E-state index in [-0.39, 0.29) is 12.5 Å². The van der Waals surface area contributed by atoms with Gasteiger partial charge in [0.2, 0.25) is 5.91 Å². The SMILES string of the molecule is NC(=O)C1(NCCCO)CCCCC1. The molecule has 0 aromatic rings. The van der Waals surface area contributed by atoms with Crippen molar-refractivity contribution in [1.29, 1.82) is 0 Å². The summed E-state index contributed by atoms with van der Waals surface area (Å²) in [6.07, 6.45) is 5.68. The van der Waals surface area contributed by atoms with E-state index in [2.05, 4.69) is 5.32 Å². The highest BCUT2D eigenvalue weighted by atomic mass is 16.3. The summed E-state index contributed by atoms with van der Waals surface area (Å²) in [6, 6.07) is 0. The first kappa shape index (κ1) is 11.5. The Morgan fingerprint density at radius 2 is 2.00 bits per heavy atom. The normalized spacial score (nSPS) is 20.6. The second-order valence-electron chi connectivity index (χ2n) is 4.01. The van der Waals surface area contributed by atoms with Crippen molar-refractivity contribution < 1.29 is 9.90 Å². The molecule has 0 spiro atoms. The van der Waals surface area contributed by atoms with Gasteiger partial charge in [0, 0.05) is 6.61 Å². The number of amides is 1. The number of carbonyl (C=O) groups is 1. The van der Waals surface area contributed by atoms with E-state index in [1.54, 1.807) is 0 Å². The summed E-state index contributed by atoms with van der Waals surface area (Å²) < 4.78 is 0. The van der Waals surface area contributed by atoms with Gasteiger partial charge < -0.3 is 16.2 Å². The Morgan fingerprint density at radius 3 is 2.50 bits per heavy atom. The van der Waals surface area contributed by atoms with Crippen LogP contribution in [0.1, 0.15) is 38.5 Å². The first-order valence-corrected chi connectivity index (χ1v) is 5.37. The summed E-state index contributed by atoms with van der Waals surface area (Å²) >= 11 is 0. The molecule has 1 rings (SSSR count). The molecule has 0 aromatic carbocycles. The predicted octanol–water partition coefficient (Wildman–Crippen LogP) is 0.147. The minimum absolute atomic E-state index is 0.155. The Hall–Kier alpha value is -0.610. The van der Waals surface area contributed by atoms with Crippen molar-refractivity contribution >= 4 is 5.91 Å². The third kappa shape index (κ3) is 2.69. The van der Waals surface area contributed by atoms with Gasteiger partial charge in [-0.1, -0.05) is 19.3 Å². The lowest BCUT2D eigenvalue weighted by Gasteiger charge is -2.35. The number of aliphatic hydroxyl groups is 1. The molecule has 1 amide bonds. The van der Waals surface area contributed by atoms with Crippen molar-refractivity contribution in [3.8, 4) is 0 Å². The fraction of sp³-hybridized carbons (Fsp3) is 0.900. The number of carbonyl (C=O) groups excluding carboxylic acids is 1. The topological polar surface area (TPSA) is 75.4 Å². The van der Waals surface area contributed by atoms with Gasteiger partial charge in [-0.2, -0.15) is 0 Å². The van der Waals surface area contributed by atoms with Crippen LogP contribution in [0.4, 0.5) is 0 Å². The number of nitrogens with one attached hydrogen (secondary N) is 1. The molecule has 82 valence electrons. The second-order valence-corrected chi connectivity index (χ2v) is 4.01. The van der Waals surface area contributed by atoms with Crippen LogP contribution < -0.4 is 11.1 Å². The average Bonchev–Trinajstić information content (AvgIpc) is 2.19. The number of aliphatic hydroxyl groups excluding tert-OH is 1. The van der Waals surface area contributed by atoms with Crippen LogP contribution >= 0.6 is 0 Å². The van der Waals surface area contributed by atoms with E-state index in [4.69, 9.17) is 10.8 Å². The number of rotatable bonds is 5. The van der Waals surface area contributed by atoms with Gasteiger partial charge in [0.25, 0.3) is 0 Å². The molecule has 4 nitrogen and oxygen atoms in total. The Kier molecular flexibility index (Phi) is 4.35. The first-order valence-electron chi connectivity index (χ1n) is 5.37. The van der Waals surface area contributed by atoms with Crippen molar-refractivity contribution in [3.63, 3.8) is 0 Å². The zero-order valence-electron chi connectivity index (χ0n) is 8.59. The Labute approximate surface area is 84.9 Å². The minimum Gasteiger partial charge on any atom is -0.396 e. The van der Waals surface area contributed by atoms with Crippen LogP contribution in [0.3, 0.4) is 0 Å². The van der Waals surface area contributed by atoms with Gasteiger partial charge in [0.1, 0.15) is 0 Å². The van der Waals surface area contributed by atoms with Crippen molar-refractivity contribution in [2.75, 3.05) is 13.2 Å². The van der Waals surface area contributed by atoms with Gasteiger partial charge >= 0.3 is 0 Å². The lowest BCUT2D eigenvalue weighted by atomic mass is 9.81. The van der Waals surface area contributed by atoms with Gasteiger partial charge in [0.15, 0.2) is 0 Å². The van der Waals surface area contributed by atoms with Crippen LogP contribution in [0.15, 0.2) is 0 Å². The zero-order valence-corrected chi connectivity index (χ0v) is 8.59. The van der Waals surface area contributed by atoms with Gasteiger partial charge in [0.05, 0.1) is 5.54 Å². The molecule has 0 saturated heterocycles. The van der Waals surface area contributed by atoms with Gasteiger partial charge in [-0.15, -0.1) is 0 Å². The lowest BCUT2D eigenvalue weighted by molar-refractivity contribution is -0.125. The predicted molar refractivity (Wildman–Crippen MR) is 54.7 cm³/mol. The molecule has 1 saturated carbocycles. The van der Waals surface area contributed by atoms with Crippen LogP contribution in [0.5, 0.6) is 0 Å². The summed E-state index contributed by atoms with van der Waals surface area (Å²) in [7, 11) is 0. The monoisotopic (exact) mass is 200 g/mol. The summed E-state index contributed by atoms with van der Waals surface area (Å²) in [5, 5.41) is 11.9. The third-order valence-electron chi connectivity index (χ3n) is 2.98. The number of nitrogens with two attached hydrogens (primary N) is 1. The van der Waals surface area contributed by atoms with E-state index in [1.165, 1.54) is 6.42 Å². The third-order valence-corrected chi connectivity index (χ3v) is 2.98. The quantitative estimate of drug-likeness (QED) is 0.553. The molecule has 1 aliphatic carbocycles. The average molecular weight is 200 g/mol. The molecular weight excluding hydrogens is 180 g/mol. The molecule has 14 heavy (non-hydrogen) atoms. The largest absolute Gasteiger partial charge is 0.396 e. The van der Waals surface area contributed by atoms with E-state index >= 15 is 0 Å². The molecule has 0 bridgehead atoms. The first-order chi connectivity index (χ1) is 6.71. The highest BCUT2D eigenvalue weighted by Gasteiger charge is 2.36. The van der Waals surface area contributed by atoms with Crippen molar-refractivity contribution in [1.82, 2.24) is 5.32 Å². The van der Waals surface area contributed by atoms with E-state index in [9.17, 15) is 4.79 Å². The van der Waals surface area contributed by atoms with Crippen LogP contribution in [0.25, 0.3) is 0 Å². The van der Waals surface area contributed by atoms with Crippen LogP contribution in [-0.2, 0) is 4.79 Å². The number of hydrogen-bond acceptors (Lipinski definition) is 3. The van der Waals surface area contributed by atoms with E-state index in [1.807, 2.05) is 0 Å². The van der Waals surface area contributed by atoms with Crippen LogP contribution in [-0.4, -0.2) is 29.7 Å². The molecule has 0 radical (unpaired) electrons. The summed E-state index contributed by atoms with van der Waals surface area (Å²) in [5.74, 6) is -0.241. The lowest BCUT2D eigenvalue weighted by Crippen LogP contribution is -2.56. The maximum Gasteiger partial charge on any atom is 0.237 e. The Bertz CT molecular complexity index is 189. The standard InChI is InChI=1S/C10H20N2O2/c11-9(14)10(12-7-4-8-13)5-2-1-3-6-10/h12-13H,1-8H2,(H2,11,14). The van der Waals surface area contributed by atoms with E-state index in [0.717, 1.165) is 25.7 Å². The highest BCUT2D eigenvalue weighted by Crippen LogP contribution is 2.27. The molecule has 0 atom stereocenters. The Balaban J connectivity index is 2.47. The molecular formula is C10H20N2O2. The summed E-state index contributed by atoms with van der Waals surface area (Å²) in [4.78, 5) is 11.4. The van der Waals surface area contributed by atoms with Crippen molar-refractivity contribution in [2.45, 2.75) is 44.1 Å². The second kappa shape index (κ2) is 5.32. The molecule has 4 heteroatoms. The highest BCUT2D eigenvalue weighted by molar-refractivity contribution is 5.84. The van der Waals surface area contributed by atoms with Crippen molar-refractivity contribution in [3.05, 3.63) is 0 Å². The fourth-order valence-electron chi connectivity index (χ4n) is 2.07. The maximum atomic E-state index is 11.4. The summed E-state index contributed by atoms with van der Waals surface area (Å²) in [6.45, 7) is 0.821. The van der Waals surface area contributed by atoms with Gasteiger partial charge in [-0.05, 0) is 25.8 Å². The molecule has 1 fully saturated rings. The smallest absolute Gasteiger partial charge is 0.237 e. The van der Waals surface area contributed by atoms with Gasteiger partial charge in [-0.25, -0.2) is 0 Å². The molecule has 4 N–H and O–H groups in total. The Morgan fingerprint density at radius 1 is 1.36 bits per heavy atom. The van der Waals surface area contributed by atoms with E-state index < -0.39 is 5.54 Å². The fourth-order valence-corrected chi connectivity index (χ4v) is 2.07. The van der Waals surface area contributed by atoms with Crippen LogP contribution in [0, 0.1) is 0 Å². The minimum atomic E-state index is -0.493. The molecule has 0 aromatic heterocycles. The number of primary amides is 1. The molecule has 0 heterocycles. The maximum absolute atomic E-state index is 11.4. The van der Waals surface area contributed by atoms with E-state index in [0.29, 0.717) is 13.0 Å².